The number of para-hydroxylation sites is 1. The van der Waals surface area contributed by atoms with E-state index in [9.17, 15) is 8.78 Å². The average molecular weight is 904 g/mol. The van der Waals surface area contributed by atoms with Gasteiger partial charge in [0.2, 0.25) is 0 Å². The molecule has 0 aliphatic rings. The summed E-state index contributed by atoms with van der Waals surface area (Å²) in [5, 5.41) is 1.79. The van der Waals surface area contributed by atoms with Crippen LogP contribution in [0.1, 0.15) is 31.9 Å². The molecule has 0 aliphatic carbocycles. The van der Waals surface area contributed by atoms with E-state index in [4.69, 9.17) is 4.42 Å². The molecule has 0 amide bonds. The molecular weight excluding hydrogens is 863 g/mol. The summed E-state index contributed by atoms with van der Waals surface area (Å²) in [6.07, 6.45) is 4.86. The van der Waals surface area contributed by atoms with Crippen LogP contribution in [0.4, 0.5) is 8.78 Å². The molecule has 0 N–H and O–H groups in total. The maximum absolute atomic E-state index is 13.8. The van der Waals surface area contributed by atoms with Gasteiger partial charge in [-0.05, 0) is 41.3 Å². The maximum atomic E-state index is 13.8. The number of nitrogens with zero attached hydrogens (tertiary/aromatic N) is 2. The number of aryl methyl sites for hydroxylation is 1. The van der Waals surface area contributed by atoms with Crippen LogP contribution in [0.5, 0.6) is 0 Å². The van der Waals surface area contributed by atoms with Crippen molar-refractivity contribution in [3.63, 3.8) is 0 Å². The third kappa shape index (κ3) is 8.66. The molecule has 0 bridgehead atoms. The van der Waals surface area contributed by atoms with E-state index in [1.165, 1.54) is 27.7 Å². The molecule has 257 valence electrons. The summed E-state index contributed by atoms with van der Waals surface area (Å²) in [6.45, 7) is 8.83. The van der Waals surface area contributed by atoms with Crippen molar-refractivity contribution in [1.82, 2.24) is 9.97 Å². The number of halogens is 2. The second-order valence-corrected chi connectivity index (χ2v) is 25.3. The van der Waals surface area contributed by atoms with Crippen LogP contribution in [0.25, 0.3) is 55.6 Å². The van der Waals surface area contributed by atoms with Gasteiger partial charge in [-0.25, -0.2) is 8.78 Å². The van der Waals surface area contributed by atoms with Gasteiger partial charge >= 0.3 is 106 Å². The molecule has 3 aromatic heterocycles. The van der Waals surface area contributed by atoms with E-state index in [1.54, 1.807) is 12.1 Å². The van der Waals surface area contributed by atoms with Crippen molar-refractivity contribution >= 4 is 39.6 Å². The van der Waals surface area contributed by atoms with Crippen LogP contribution in [0.15, 0.2) is 108 Å². The molecule has 0 unspecified atom stereocenters. The topological polar surface area (TPSA) is 38.9 Å². The Hall–Kier alpha value is -3.97. The van der Waals surface area contributed by atoms with Gasteiger partial charge in [-0.1, -0.05) is 56.0 Å². The predicted octanol–water partition coefficient (Wildman–Crippen LogP) is 11.4. The normalized spacial score (nSPS) is 11.6. The first-order chi connectivity index (χ1) is 23.2. The van der Waals surface area contributed by atoms with E-state index < -0.39 is 24.9 Å². The van der Waals surface area contributed by atoms with Gasteiger partial charge in [0.05, 0.1) is 5.58 Å². The Balaban J connectivity index is 0.000000229. The first kappa shape index (κ1) is 37.3. The molecule has 0 fully saturated rings. The molecule has 0 spiro atoms. The first-order valence-corrected chi connectivity index (χ1v) is 23.8. The van der Waals surface area contributed by atoms with E-state index >= 15 is 0 Å². The van der Waals surface area contributed by atoms with Gasteiger partial charge in [-0.15, -0.1) is 23.8 Å². The van der Waals surface area contributed by atoms with Gasteiger partial charge in [0.25, 0.3) is 0 Å². The number of pyridine rings is 2. The van der Waals surface area contributed by atoms with Crippen molar-refractivity contribution in [2.24, 2.45) is 5.41 Å². The minimum Gasteiger partial charge on any atom is 0 e. The summed E-state index contributed by atoms with van der Waals surface area (Å²) >= 11 is -1.77. The molecule has 7 aromatic rings. The molecule has 3 nitrogen and oxygen atoms in total. The summed E-state index contributed by atoms with van der Waals surface area (Å²) in [7, 11) is 0. The minimum absolute atomic E-state index is 0. The standard InChI is InChI=1S/C28H22F2NO.C15H18GeN.Ir/c1-28(2,3)16-17-9-10-31-25(11-17)18-7-8-26-24(14-18)23-6-4-5-22(27(23)32-26)19-12-20(29)15-21(30)13-19;1-12-10-15(13-8-6-5-7-9-13)17-11-14(12)16(2,3)4;/h4-6,8-15H,16H2,1-3H3;5-8,10-11H,1-4H3;/q2*-1;. The molecule has 3 heterocycles. The summed E-state index contributed by atoms with van der Waals surface area (Å²) in [4.78, 5) is 9.14. The largest absolute Gasteiger partial charge is 0 e. The molecular formula is C43H40F2GeIrN2O-2. The number of hydrogen-bond acceptors (Lipinski definition) is 3. The fourth-order valence-electron chi connectivity index (χ4n) is 6.21. The van der Waals surface area contributed by atoms with Crippen LogP contribution in [0.2, 0.25) is 17.3 Å². The minimum atomic E-state index is -1.77. The number of hydrogen-bond donors (Lipinski definition) is 0. The van der Waals surface area contributed by atoms with Crippen molar-refractivity contribution < 1.29 is 33.3 Å². The molecule has 0 atom stereocenters. The molecule has 50 heavy (non-hydrogen) atoms. The summed E-state index contributed by atoms with van der Waals surface area (Å²) in [6, 6.07) is 33.8. The summed E-state index contributed by atoms with van der Waals surface area (Å²) < 4.78 is 35.2. The quantitative estimate of drug-likeness (QED) is 0.128. The van der Waals surface area contributed by atoms with Crippen molar-refractivity contribution in [3.05, 3.63) is 138 Å². The van der Waals surface area contributed by atoms with Gasteiger partial charge in [-0.2, -0.15) is 0 Å². The van der Waals surface area contributed by atoms with Crippen LogP contribution >= 0.6 is 0 Å². The van der Waals surface area contributed by atoms with Crippen molar-refractivity contribution in [2.75, 3.05) is 0 Å². The van der Waals surface area contributed by atoms with Crippen molar-refractivity contribution in [3.8, 4) is 33.6 Å². The third-order valence-corrected chi connectivity index (χ3v) is 12.8. The van der Waals surface area contributed by atoms with Crippen LogP contribution < -0.4 is 4.40 Å². The zero-order valence-corrected chi connectivity index (χ0v) is 33.9. The maximum Gasteiger partial charge on any atom is 0 e. The van der Waals surface area contributed by atoms with Crippen LogP contribution in [0.3, 0.4) is 0 Å². The molecule has 1 radical (unpaired) electrons. The van der Waals surface area contributed by atoms with Crippen LogP contribution in [-0.4, -0.2) is 23.2 Å². The number of furan rings is 1. The van der Waals surface area contributed by atoms with E-state index in [-0.39, 0.29) is 25.5 Å². The Kier molecular flexibility index (Phi) is 11.3. The van der Waals surface area contributed by atoms with Crippen LogP contribution in [0, 0.1) is 36.1 Å². The average Bonchev–Trinajstić information content (AvgIpc) is 3.42. The van der Waals surface area contributed by atoms with E-state index in [0.717, 1.165) is 45.8 Å². The number of benzene rings is 4. The Bertz CT molecular complexity index is 2250. The molecule has 0 aliphatic heterocycles. The number of fused-ring (bicyclic) bond motifs is 3. The first-order valence-electron chi connectivity index (χ1n) is 16.5. The zero-order chi connectivity index (χ0) is 34.9. The van der Waals surface area contributed by atoms with Gasteiger partial charge in [0.15, 0.2) is 0 Å². The second-order valence-electron chi connectivity index (χ2n) is 14.8. The molecule has 7 rings (SSSR count). The Labute approximate surface area is 309 Å². The van der Waals surface area contributed by atoms with Gasteiger partial charge in [0, 0.05) is 43.3 Å². The molecule has 0 saturated carbocycles. The van der Waals surface area contributed by atoms with E-state index in [1.807, 2.05) is 48.7 Å². The van der Waals surface area contributed by atoms with Crippen LogP contribution in [-0.2, 0) is 26.5 Å². The Morgan fingerprint density at radius 1 is 0.780 bits per heavy atom. The smallest absolute Gasteiger partial charge is 0 e. The summed E-state index contributed by atoms with van der Waals surface area (Å²) in [5.41, 5.74) is 8.94. The van der Waals surface area contributed by atoms with Crippen molar-refractivity contribution in [2.45, 2.75) is 51.4 Å². The predicted molar refractivity (Wildman–Crippen MR) is 201 cm³/mol. The second kappa shape index (κ2) is 15.1. The van der Waals surface area contributed by atoms with Gasteiger partial charge in [-0.3, -0.25) is 0 Å². The summed E-state index contributed by atoms with van der Waals surface area (Å²) in [5.74, 6) is 5.96. The third-order valence-electron chi connectivity index (χ3n) is 8.34. The fourth-order valence-corrected chi connectivity index (χ4v) is 9.79. The molecule has 7 heteroatoms. The molecule has 0 saturated heterocycles. The Morgan fingerprint density at radius 3 is 2.18 bits per heavy atom. The van der Waals surface area contributed by atoms with Gasteiger partial charge in [0.1, 0.15) is 17.2 Å². The number of rotatable bonds is 5. The SMILES string of the molecule is CC(C)(C)Cc1ccnc(-c2[c-]cc3oc4c(-c5cc(F)cc(F)c5)cccc4c3c2)c1.Cc1cc(-c2[c-]cccc2)nc[c]1[Ge]([CH3])([CH3])[CH3].[Ir]. The van der Waals surface area contributed by atoms with Gasteiger partial charge < -0.3 is 9.40 Å². The monoisotopic (exact) mass is 905 g/mol. The fraction of sp³-hybridized carbons (Fsp3) is 0.209. The van der Waals surface area contributed by atoms with E-state index in [0.29, 0.717) is 22.3 Å². The number of aromatic nitrogens is 2. The van der Waals surface area contributed by atoms with Crippen molar-refractivity contribution in [1.29, 1.82) is 0 Å². The zero-order valence-electron chi connectivity index (χ0n) is 29.4. The van der Waals surface area contributed by atoms with E-state index in [2.05, 4.69) is 91.5 Å². The molecule has 4 aromatic carbocycles. The Morgan fingerprint density at radius 2 is 1.52 bits per heavy atom.